The molecular formula is C24H23NO4S. The van der Waals surface area contributed by atoms with Gasteiger partial charge in [-0.15, -0.1) is 11.8 Å². The van der Waals surface area contributed by atoms with Crippen LogP contribution in [0.3, 0.4) is 0 Å². The number of aromatic hydroxyl groups is 1. The first-order valence-electron chi connectivity index (χ1n) is 9.55. The zero-order valence-corrected chi connectivity index (χ0v) is 17.9. The number of phenolic OH excluding ortho intramolecular Hbond substituents is 1. The molecule has 1 N–H and O–H groups in total. The second-order valence-electron chi connectivity index (χ2n) is 6.83. The Balaban J connectivity index is 1.79. The lowest BCUT2D eigenvalue weighted by molar-refractivity contribution is 0.354. The van der Waals surface area contributed by atoms with Gasteiger partial charge in [0.2, 0.25) is 0 Å². The molecule has 0 aliphatic carbocycles. The Kier molecular flexibility index (Phi) is 5.86. The van der Waals surface area contributed by atoms with Gasteiger partial charge in [0.05, 0.1) is 32.7 Å². The third kappa shape index (κ3) is 3.96. The van der Waals surface area contributed by atoms with Gasteiger partial charge in [0.15, 0.2) is 11.5 Å². The van der Waals surface area contributed by atoms with E-state index < -0.39 is 0 Å². The van der Waals surface area contributed by atoms with Crippen LogP contribution in [-0.4, -0.2) is 32.1 Å². The Morgan fingerprint density at radius 3 is 2.43 bits per heavy atom. The maximum atomic E-state index is 10.6. The van der Waals surface area contributed by atoms with E-state index >= 15 is 0 Å². The fraction of sp³-hybridized carbons (Fsp3) is 0.208. The number of nitrogens with zero attached hydrogens (tertiary/aromatic N) is 1. The first-order chi connectivity index (χ1) is 14.6. The molecule has 0 aromatic heterocycles. The number of hydrogen-bond donors (Lipinski definition) is 1. The molecule has 1 aliphatic heterocycles. The number of para-hydroxylation sites is 1. The minimum atomic E-state index is 0.0914. The van der Waals surface area contributed by atoms with Gasteiger partial charge in [-0.2, -0.15) is 0 Å². The van der Waals surface area contributed by atoms with Crippen molar-refractivity contribution in [2.75, 3.05) is 21.3 Å². The van der Waals surface area contributed by atoms with Gasteiger partial charge in [-0.3, -0.25) is 4.99 Å². The third-order valence-electron chi connectivity index (χ3n) is 5.06. The first-order valence-corrected chi connectivity index (χ1v) is 10.4. The monoisotopic (exact) mass is 421 g/mol. The molecule has 30 heavy (non-hydrogen) atoms. The number of ether oxygens (including phenoxy) is 3. The molecule has 0 fully saturated rings. The van der Waals surface area contributed by atoms with Crippen molar-refractivity contribution in [2.45, 2.75) is 16.6 Å². The third-order valence-corrected chi connectivity index (χ3v) is 6.39. The Bertz CT molecular complexity index is 1100. The average Bonchev–Trinajstić information content (AvgIpc) is 2.98. The SMILES string of the molecule is COc1ccc(C2=Nc3ccccc3SC(c3ccc(OC)c(OC)c3)C2)c(O)c1. The van der Waals surface area contributed by atoms with E-state index in [0.29, 0.717) is 29.2 Å². The van der Waals surface area contributed by atoms with Crippen molar-refractivity contribution >= 4 is 23.2 Å². The van der Waals surface area contributed by atoms with Crippen LogP contribution in [0, 0.1) is 0 Å². The van der Waals surface area contributed by atoms with Gasteiger partial charge in [0.1, 0.15) is 11.5 Å². The van der Waals surface area contributed by atoms with Crippen LogP contribution in [0.1, 0.15) is 22.8 Å². The molecule has 6 heteroatoms. The number of benzene rings is 3. The van der Waals surface area contributed by atoms with Crippen molar-refractivity contribution in [3.63, 3.8) is 0 Å². The predicted octanol–water partition coefficient (Wildman–Crippen LogP) is 5.78. The van der Waals surface area contributed by atoms with Crippen molar-refractivity contribution < 1.29 is 19.3 Å². The summed E-state index contributed by atoms with van der Waals surface area (Å²) >= 11 is 1.76. The highest BCUT2D eigenvalue weighted by Gasteiger charge is 2.25. The van der Waals surface area contributed by atoms with Crippen LogP contribution in [0.5, 0.6) is 23.0 Å². The van der Waals surface area contributed by atoms with Crippen LogP contribution in [0.25, 0.3) is 0 Å². The van der Waals surface area contributed by atoms with Crippen LogP contribution in [-0.2, 0) is 0 Å². The number of rotatable bonds is 5. The second kappa shape index (κ2) is 8.71. The van der Waals surface area contributed by atoms with Crippen molar-refractivity contribution in [1.82, 2.24) is 0 Å². The summed E-state index contributed by atoms with van der Waals surface area (Å²) in [6.45, 7) is 0. The highest BCUT2D eigenvalue weighted by atomic mass is 32.2. The molecular weight excluding hydrogens is 398 g/mol. The summed E-state index contributed by atoms with van der Waals surface area (Å²) in [7, 11) is 4.85. The fourth-order valence-corrected chi connectivity index (χ4v) is 4.72. The van der Waals surface area contributed by atoms with Gasteiger partial charge in [-0.1, -0.05) is 18.2 Å². The maximum absolute atomic E-state index is 10.6. The average molecular weight is 422 g/mol. The lowest BCUT2D eigenvalue weighted by Crippen LogP contribution is -2.06. The Morgan fingerprint density at radius 2 is 1.70 bits per heavy atom. The molecule has 0 saturated carbocycles. The van der Waals surface area contributed by atoms with Crippen molar-refractivity contribution in [3.8, 4) is 23.0 Å². The first kappa shape index (κ1) is 20.2. The summed E-state index contributed by atoms with van der Waals surface area (Å²) in [5.41, 5.74) is 3.54. The molecule has 3 aromatic rings. The summed E-state index contributed by atoms with van der Waals surface area (Å²) < 4.78 is 16.1. The second-order valence-corrected chi connectivity index (χ2v) is 8.08. The maximum Gasteiger partial charge on any atom is 0.161 e. The molecule has 4 rings (SSSR count). The molecule has 1 aliphatic rings. The van der Waals surface area contributed by atoms with Crippen LogP contribution in [0.2, 0.25) is 0 Å². The van der Waals surface area contributed by atoms with E-state index in [0.717, 1.165) is 21.9 Å². The van der Waals surface area contributed by atoms with Crippen LogP contribution < -0.4 is 14.2 Å². The van der Waals surface area contributed by atoms with Crippen molar-refractivity contribution in [3.05, 3.63) is 71.8 Å². The fourth-order valence-electron chi connectivity index (χ4n) is 3.50. The Labute approximate surface area is 180 Å². The number of phenols is 1. The normalized spacial score (nSPS) is 15.6. The van der Waals surface area contributed by atoms with Gasteiger partial charge in [-0.05, 0) is 42.0 Å². The van der Waals surface area contributed by atoms with E-state index in [1.54, 1.807) is 39.2 Å². The van der Waals surface area contributed by atoms with E-state index in [1.807, 2.05) is 42.5 Å². The smallest absolute Gasteiger partial charge is 0.161 e. The molecule has 0 radical (unpaired) electrons. The summed E-state index contributed by atoms with van der Waals surface area (Å²) in [5, 5.41) is 10.7. The van der Waals surface area contributed by atoms with Crippen LogP contribution >= 0.6 is 11.8 Å². The topological polar surface area (TPSA) is 60.3 Å². The zero-order valence-electron chi connectivity index (χ0n) is 17.1. The lowest BCUT2D eigenvalue weighted by Gasteiger charge is -2.18. The number of thioether (sulfide) groups is 1. The Hall–Kier alpha value is -3.12. The summed E-state index contributed by atoms with van der Waals surface area (Å²) in [4.78, 5) is 6.01. The summed E-state index contributed by atoms with van der Waals surface area (Å²) in [6, 6.07) is 19.4. The van der Waals surface area contributed by atoms with Gasteiger partial charge in [-0.25, -0.2) is 0 Å². The predicted molar refractivity (Wildman–Crippen MR) is 120 cm³/mol. The number of aliphatic imine (C=N–C) groups is 1. The molecule has 1 unspecified atom stereocenters. The highest BCUT2D eigenvalue weighted by molar-refractivity contribution is 7.99. The van der Waals surface area contributed by atoms with Crippen LogP contribution in [0.4, 0.5) is 5.69 Å². The summed E-state index contributed by atoms with van der Waals surface area (Å²) in [5.74, 6) is 2.15. The minimum Gasteiger partial charge on any atom is -0.507 e. The van der Waals surface area contributed by atoms with E-state index in [2.05, 4.69) is 12.1 Å². The number of methoxy groups -OCH3 is 3. The van der Waals surface area contributed by atoms with E-state index in [1.165, 1.54) is 0 Å². The quantitative estimate of drug-likeness (QED) is 0.566. The van der Waals surface area contributed by atoms with Gasteiger partial charge >= 0.3 is 0 Å². The lowest BCUT2D eigenvalue weighted by atomic mass is 10.00. The largest absolute Gasteiger partial charge is 0.507 e. The molecule has 154 valence electrons. The van der Waals surface area contributed by atoms with E-state index in [4.69, 9.17) is 19.2 Å². The molecule has 0 amide bonds. The number of hydrogen-bond acceptors (Lipinski definition) is 6. The molecule has 3 aromatic carbocycles. The van der Waals surface area contributed by atoms with Gasteiger partial charge < -0.3 is 19.3 Å². The van der Waals surface area contributed by atoms with Crippen molar-refractivity contribution in [1.29, 1.82) is 0 Å². The van der Waals surface area contributed by atoms with Gasteiger partial charge in [0, 0.05) is 28.2 Å². The Morgan fingerprint density at radius 1 is 0.900 bits per heavy atom. The molecule has 0 saturated heterocycles. The zero-order chi connectivity index (χ0) is 21.1. The standard InChI is InChI=1S/C24H23NO4S/c1-27-16-9-10-17(20(26)13-16)19-14-24(30-23-7-5-4-6-18(23)25-19)15-8-11-21(28-2)22(12-15)29-3/h4-13,24,26H,14H2,1-3H3. The molecule has 1 heterocycles. The molecule has 1 atom stereocenters. The van der Waals surface area contributed by atoms with Crippen LogP contribution in [0.15, 0.2) is 70.6 Å². The van der Waals surface area contributed by atoms with E-state index in [-0.39, 0.29) is 11.0 Å². The van der Waals surface area contributed by atoms with Crippen molar-refractivity contribution in [2.24, 2.45) is 4.99 Å². The molecule has 0 bridgehead atoms. The summed E-state index contributed by atoms with van der Waals surface area (Å²) in [6.07, 6.45) is 0.648. The minimum absolute atomic E-state index is 0.0914. The number of fused-ring (bicyclic) bond motifs is 1. The van der Waals surface area contributed by atoms with Gasteiger partial charge in [0.25, 0.3) is 0 Å². The molecule has 5 nitrogen and oxygen atoms in total. The van der Waals surface area contributed by atoms with E-state index in [9.17, 15) is 5.11 Å². The molecule has 0 spiro atoms. The highest BCUT2D eigenvalue weighted by Crippen LogP contribution is 2.47.